The molecule has 4 nitrogen and oxygen atoms in total. The summed E-state index contributed by atoms with van der Waals surface area (Å²) in [6.45, 7) is 1.81. The van der Waals surface area contributed by atoms with Crippen LogP contribution in [0.3, 0.4) is 0 Å². The number of rotatable bonds is 2. The summed E-state index contributed by atoms with van der Waals surface area (Å²) in [7, 11) is 0. The van der Waals surface area contributed by atoms with E-state index in [0.717, 1.165) is 12.1 Å². The van der Waals surface area contributed by atoms with Gasteiger partial charge in [-0.3, -0.25) is 4.79 Å². The Bertz CT molecular complexity index is 565. The van der Waals surface area contributed by atoms with Gasteiger partial charge < -0.3 is 15.8 Å². The molecule has 116 valence electrons. The molecule has 1 amide bonds. The molecule has 1 heterocycles. The molecule has 2 atom stereocenters. The third-order valence-electron chi connectivity index (χ3n) is 3.57. The lowest BCUT2D eigenvalue weighted by Gasteiger charge is -2.26. The van der Waals surface area contributed by atoms with Crippen molar-refractivity contribution in [3.05, 3.63) is 28.8 Å². The first-order valence-electron chi connectivity index (χ1n) is 6.16. The summed E-state index contributed by atoms with van der Waals surface area (Å²) in [5.41, 5.74) is 3.37. The topological polar surface area (TPSA) is 64.3 Å². The number of nitrogens with two attached hydrogens (primary N) is 1. The number of hydrogen-bond donors (Lipinski definition) is 2. The molecule has 0 radical (unpaired) electrons. The van der Waals surface area contributed by atoms with Crippen molar-refractivity contribution in [2.45, 2.75) is 19.1 Å². The van der Waals surface area contributed by atoms with E-state index in [-0.39, 0.29) is 23.9 Å². The Morgan fingerprint density at radius 3 is 2.71 bits per heavy atom. The number of ether oxygens (including phenoxy) is 1. The number of alkyl halides is 3. The molecule has 3 N–H and O–H groups in total. The van der Waals surface area contributed by atoms with Gasteiger partial charge in [-0.2, -0.15) is 13.2 Å². The first-order valence-corrected chi connectivity index (χ1v) is 6.54. The smallest absolute Gasteiger partial charge is 0.379 e. The maximum Gasteiger partial charge on any atom is 0.418 e. The monoisotopic (exact) mass is 322 g/mol. The van der Waals surface area contributed by atoms with Gasteiger partial charge in [0, 0.05) is 11.1 Å². The molecule has 2 unspecified atom stereocenters. The Morgan fingerprint density at radius 2 is 2.19 bits per heavy atom. The van der Waals surface area contributed by atoms with Crippen molar-refractivity contribution in [1.29, 1.82) is 0 Å². The Hall–Kier alpha value is -1.31. The SMILES string of the molecule is CC1(C(=O)Nc2ccc(Cl)cc2C(F)(F)F)COCC1N. The molecule has 0 saturated carbocycles. The quantitative estimate of drug-likeness (QED) is 0.880. The fourth-order valence-corrected chi connectivity index (χ4v) is 2.22. The van der Waals surface area contributed by atoms with Crippen LogP contribution in [0.25, 0.3) is 0 Å². The highest BCUT2D eigenvalue weighted by Gasteiger charge is 2.45. The summed E-state index contributed by atoms with van der Waals surface area (Å²) in [5.74, 6) is -0.611. The van der Waals surface area contributed by atoms with Crippen LogP contribution in [0, 0.1) is 5.41 Å². The minimum absolute atomic E-state index is 0.0626. The second-order valence-corrected chi connectivity index (χ2v) is 5.62. The molecule has 21 heavy (non-hydrogen) atoms. The predicted molar refractivity (Wildman–Crippen MR) is 72.0 cm³/mol. The fraction of sp³-hybridized carbons (Fsp3) is 0.462. The average molecular weight is 323 g/mol. The highest BCUT2D eigenvalue weighted by atomic mass is 35.5. The number of benzene rings is 1. The zero-order valence-electron chi connectivity index (χ0n) is 11.1. The minimum Gasteiger partial charge on any atom is -0.379 e. The van der Waals surface area contributed by atoms with E-state index in [0.29, 0.717) is 0 Å². The zero-order valence-corrected chi connectivity index (χ0v) is 11.9. The summed E-state index contributed by atoms with van der Waals surface area (Å²) in [6, 6.07) is 2.59. The lowest BCUT2D eigenvalue weighted by molar-refractivity contribution is -0.137. The van der Waals surface area contributed by atoms with Crippen molar-refractivity contribution in [2.75, 3.05) is 18.5 Å². The van der Waals surface area contributed by atoms with Crippen LogP contribution in [0.4, 0.5) is 18.9 Å². The van der Waals surface area contributed by atoms with Crippen LogP contribution in [-0.2, 0) is 15.7 Å². The number of halogens is 4. The normalized spacial score (nSPS) is 25.9. The molecule has 1 aliphatic rings. The molecule has 0 aliphatic carbocycles. The zero-order chi connectivity index (χ0) is 15.8. The third kappa shape index (κ3) is 3.14. The largest absolute Gasteiger partial charge is 0.418 e. The van der Waals surface area contributed by atoms with E-state index < -0.39 is 29.1 Å². The van der Waals surface area contributed by atoms with Gasteiger partial charge >= 0.3 is 6.18 Å². The molecule has 0 spiro atoms. The van der Waals surface area contributed by atoms with E-state index in [1.165, 1.54) is 6.07 Å². The molecule has 0 aromatic heterocycles. The highest BCUT2D eigenvalue weighted by molar-refractivity contribution is 6.30. The average Bonchev–Trinajstić information content (AvgIpc) is 2.72. The van der Waals surface area contributed by atoms with Crippen LogP contribution in [0.1, 0.15) is 12.5 Å². The summed E-state index contributed by atoms with van der Waals surface area (Å²) in [6.07, 6.45) is -4.62. The molecule has 1 fully saturated rings. The number of carbonyl (C=O) groups excluding carboxylic acids is 1. The van der Waals surface area contributed by atoms with E-state index >= 15 is 0 Å². The van der Waals surface area contributed by atoms with E-state index in [2.05, 4.69) is 5.32 Å². The van der Waals surface area contributed by atoms with Gasteiger partial charge in [0.05, 0.1) is 29.9 Å². The Kier molecular flexibility index (Phi) is 4.19. The molecule has 8 heteroatoms. The number of amides is 1. The maximum absolute atomic E-state index is 13.0. The van der Waals surface area contributed by atoms with Crippen LogP contribution in [0.2, 0.25) is 5.02 Å². The van der Waals surface area contributed by atoms with Gasteiger partial charge in [0.1, 0.15) is 0 Å². The van der Waals surface area contributed by atoms with Crippen LogP contribution >= 0.6 is 11.6 Å². The van der Waals surface area contributed by atoms with Crippen LogP contribution in [-0.4, -0.2) is 25.2 Å². The van der Waals surface area contributed by atoms with Gasteiger partial charge in [0.15, 0.2) is 0 Å². The Labute approximate surface area is 124 Å². The fourth-order valence-electron chi connectivity index (χ4n) is 2.05. The Balaban J connectivity index is 2.30. The lowest BCUT2D eigenvalue weighted by Crippen LogP contribution is -2.47. The first-order chi connectivity index (χ1) is 9.64. The van der Waals surface area contributed by atoms with Crippen LogP contribution < -0.4 is 11.1 Å². The van der Waals surface area contributed by atoms with E-state index in [1.54, 1.807) is 6.92 Å². The molecule has 2 rings (SSSR count). The van der Waals surface area contributed by atoms with Crippen molar-refractivity contribution in [2.24, 2.45) is 11.1 Å². The van der Waals surface area contributed by atoms with Crippen LogP contribution in [0.15, 0.2) is 18.2 Å². The van der Waals surface area contributed by atoms with Gasteiger partial charge in [-0.15, -0.1) is 0 Å². The summed E-state index contributed by atoms with van der Waals surface area (Å²) in [5, 5.41) is 2.22. The van der Waals surface area contributed by atoms with Crippen molar-refractivity contribution < 1.29 is 22.7 Å². The Morgan fingerprint density at radius 1 is 1.52 bits per heavy atom. The number of nitrogens with one attached hydrogen (secondary N) is 1. The van der Waals surface area contributed by atoms with Crippen molar-refractivity contribution in [1.82, 2.24) is 0 Å². The molecule has 1 aliphatic heterocycles. The number of hydrogen-bond acceptors (Lipinski definition) is 3. The number of carbonyl (C=O) groups is 1. The summed E-state index contributed by atoms with van der Waals surface area (Å²) >= 11 is 5.58. The standard InChI is InChI=1S/C13H14ClF3N2O2/c1-12(6-21-5-10(12)18)11(20)19-9-3-2-7(14)4-8(9)13(15,16)17/h2-4,10H,5-6,18H2,1H3,(H,19,20). The van der Waals surface area contributed by atoms with Gasteiger partial charge in [-0.05, 0) is 25.1 Å². The van der Waals surface area contributed by atoms with Gasteiger partial charge in [0.25, 0.3) is 0 Å². The molecule has 1 aromatic rings. The van der Waals surface area contributed by atoms with E-state index in [9.17, 15) is 18.0 Å². The van der Waals surface area contributed by atoms with E-state index in [1.807, 2.05) is 0 Å². The van der Waals surface area contributed by atoms with Gasteiger partial charge in [-0.25, -0.2) is 0 Å². The summed E-state index contributed by atoms with van der Waals surface area (Å²) < 4.78 is 44.0. The van der Waals surface area contributed by atoms with Crippen molar-refractivity contribution >= 4 is 23.2 Å². The predicted octanol–water partition coefficient (Wildman–Crippen LogP) is 2.66. The maximum atomic E-state index is 13.0. The van der Waals surface area contributed by atoms with Crippen molar-refractivity contribution in [3.8, 4) is 0 Å². The molecule has 1 aromatic carbocycles. The first kappa shape index (κ1) is 16.1. The minimum atomic E-state index is -4.62. The van der Waals surface area contributed by atoms with Gasteiger partial charge in [-0.1, -0.05) is 11.6 Å². The molecule has 0 bridgehead atoms. The summed E-state index contributed by atoms with van der Waals surface area (Å²) in [4.78, 5) is 12.2. The van der Waals surface area contributed by atoms with Crippen molar-refractivity contribution in [3.63, 3.8) is 0 Å². The molecular weight excluding hydrogens is 309 g/mol. The van der Waals surface area contributed by atoms with E-state index in [4.69, 9.17) is 22.1 Å². The second kappa shape index (κ2) is 5.47. The highest BCUT2D eigenvalue weighted by Crippen LogP contribution is 2.37. The third-order valence-corrected chi connectivity index (χ3v) is 3.81. The second-order valence-electron chi connectivity index (χ2n) is 5.18. The molecule has 1 saturated heterocycles. The lowest BCUT2D eigenvalue weighted by atomic mass is 9.84. The molecular formula is C13H14ClF3N2O2. The van der Waals surface area contributed by atoms with Gasteiger partial charge in [0.2, 0.25) is 5.91 Å². The number of anilines is 1. The van der Waals surface area contributed by atoms with Crippen LogP contribution in [0.5, 0.6) is 0 Å².